The Bertz CT molecular complexity index is 532. The van der Waals surface area contributed by atoms with Crippen LogP contribution in [-0.2, 0) is 0 Å². The number of pyridine rings is 1. The zero-order chi connectivity index (χ0) is 12.1. The van der Waals surface area contributed by atoms with Gasteiger partial charge in [-0.25, -0.2) is 0 Å². The first-order valence-electron chi connectivity index (χ1n) is 5.14. The van der Waals surface area contributed by atoms with Gasteiger partial charge in [-0.15, -0.1) is 0 Å². The molecule has 0 bridgehead atoms. The van der Waals surface area contributed by atoms with E-state index in [1.165, 1.54) is 6.08 Å². The summed E-state index contributed by atoms with van der Waals surface area (Å²) in [4.78, 5) is 15.7. The van der Waals surface area contributed by atoms with E-state index in [0.29, 0.717) is 10.6 Å². The number of allylic oxidation sites excluding steroid dienone is 1. The van der Waals surface area contributed by atoms with Crippen molar-refractivity contribution < 1.29 is 4.79 Å². The molecule has 0 saturated carbocycles. The highest BCUT2D eigenvalue weighted by Crippen LogP contribution is 2.11. The van der Waals surface area contributed by atoms with E-state index in [1.54, 1.807) is 42.7 Å². The molecule has 3 heteroatoms. The van der Waals surface area contributed by atoms with Gasteiger partial charge in [0.1, 0.15) is 0 Å². The number of hydrogen-bond donors (Lipinski definition) is 0. The summed E-state index contributed by atoms with van der Waals surface area (Å²) in [7, 11) is 0. The van der Waals surface area contributed by atoms with Crippen LogP contribution in [-0.4, -0.2) is 10.8 Å². The predicted molar refractivity (Wildman–Crippen MR) is 69.1 cm³/mol. The van der Waals surface area contributed by atoms with Crippen molar-refractivity contribution in [3.63, 3.8) is 0 Å². The minimum Gasteiger partial charge on any atom is -0.289 e. The highest BCUT2D eigenvalue weighted by atomic mass is 35.5. The fourth-order valence-corrected chi connectivity index (χ4v) is 1.48. The molecule has 0 spiro atoms. The number of rotatable bonds is 3. The zero-order valence-corrected chi connectivity index (χ0v) is 9.76. The first-order valence-corrected chi connectivity index (χ1v) is 5.51. The lowest BCUT2D eigenvalue weighted by molar-refractivity contribution is 0.104. The fourth-order valence-electron chi connectivity index (χ4n) is 1.36. The van der Waals surface area contributed by atoms with Gasteiger partial charge in [-0.1, -0.05) is 17.7 Å². The summed E-state index contributed by atoms with van der Waals surface area (Å²) in [6.45, 7) is 0. The molecule has 0 unspecified atom stereocenters. The third-order valence-corrected chi connectivity index (χ3v) is 2.49. The lowest BCUT2D eigenvalue weighted by atomic mass is 10.1. The van der Waals surface area contributed by atoms with Gasteiger partial charge in [-0.3, -0.25) is 9.78 Å². The molecule has 0 aliphatic rings. The lowest BCUT2D eigenvalue weighted by Gasteiger charge is -1.95. The predicted octanol–water partition coefficient (Wildman–Crippen LogP) is 3.63. The van der Waals surface area contributed by atoms with Gasteiger partial charge in [0.05, 0.1) is 0 Å². The number of carbonyl (C=O) groups excluding carboxylic acids is 1. The Hall–Kier alpha value is -1.93. The highest BCUT2D eigenvalue weighted by Gasteiger charge is 2.00. The summed E-state index contributed by atoms with van der Waals surface area (Å²) >= 11 is 5.75. The van der Waals surface area contributed by atoms with Crippen LogP contribution in [0.15, 0.2) is 54.9 Å². The van der Waals surface area contributed by atoms with Crippen LogP contribution in [0.3, 0.4) is 0 Å². The normalized spacial score (nSPS) is 10.6. The Kier molecular flexibility index (Phi) is 3.68. The first kappa shape index (κ1) is 11.6. The van der Waals surface area contributed by atoms with Crippen LogP contribution < -0.4 is 0 Å². The number of nitrogens with zero attached hydrogens (tertiary/aromatic N) is 1. The van der Waals surface area contributed by atoms with E-state index in [0.717, 1.165) is 5.56 Å². The minimum atomic E-state index is -0.0504. The Morgan fingerprint density at radius 2 is 1.94 bits per heavy atom. The molecule has 1 aromatic heterocycles. The summed E-state index contributed by atoms with van der Waals surface area (Å²) in [5.74, 6) is -0.0504. The maximum atomic E-state index is 11.8. The van der Waals surface area contributed by atoms with Crippen LogP contribution in [0, 0.1) is 0 Å². The second-order valence-corrected chi connectivity index (χ2v) is 3.93. The third kappa shape index (κ3) is 3.26. The molecular weight excluding hydrogens is 234 g/mol. The number of ketones is 1. The molecule has 0 saturated heterocycles. The average molecular weight is 244 g/mol. The Labute approximate surface area is 105 Å². The molecule has 84 valence electrons. The third-order valence-electron chi connectivity index (χ3n) is 2.24. The average Bonchev–Trinajstić information content (AvgIpc) is 2.38. The molecule has 0 amide bonds. The van der Waals surface area contributed by atoms with Gasteiger partial charge in [0, 0.05) is 23.0 Å². The van der Waals surface area contributed by atoms with Crippen LogP contribution >= 0.6 is 11.6 Å². The molecule has 0 aliphatic heterocycles. The van der Waals surface area contributed by atoms with Gasteiger partial charge in [-0.05, 0) is 48.0 Å². The first-order chi connectivity index (χ1) is 8.25. The van der Waals surface area contributed by atoms with E-state index >= 15 is 0 Å². The number of carbonyl (C=O) groups is 1. The van der Waals surface area contributed by atoms with Crippen molar-refractivity contribution in [2.75, 3.05) is 0 Å². The van der Waals surface area contributed by atoms with E-state index in [2.05, 4.69) is 4.98 Å². The van der Waals surface area contributed by atoms with Gasteiger partial charge in [-0.2, -0.15) is 0 Å². The Morgan fingerprint density at radius 3 is 2.59 bits per heavy atom. The summed E-state index contributed by atoms with van der Waals surface area (Å²) in [6.07, 6.45) is 6.66. The smallest absolute Gasteiger partial charge is 0.185 e. The molecule has 1 heterocycles. The minimum absolute atomic E-state index is 0.0504. The second kappa shape index (κ2) is 5.41. The Morgan fingerprint density at radius 1 is 1.18 bits per heavy atom. The molecule has 2 nitrogen and oxygen atoms in total. The van der Waals surface area contributed by atoms with Crippen LogP contribution in [0.2, 0.25) is 5.02 Å². The maximum absolute atomic E-state index is 11.8. The number of aromatic nitrogens is 1. The molecule has 0 atom stereocenters. The molecule has 2 aromatic rings. The standard InChI is InChI=1S/C14H10ClNO/c15-13-6-4-12(5-7-13)14(17)8-3-11-2-1-9-16-10-11/h1-10H/b8-3+. The second-order valence-electron chi connectivity index (χ2n) is 3.49. The SMILES string of the molecule is O=C(/C=C/c1cccnc1)c1ccc(Cl)cc1. The van der Waals surface area contributed by atoms with E-state index in [-0.39, 0.29) is 5.78 Å². The molecule has 0 N–H and O–H groups in total. The van der Waals surface area contributed by atoms with Crippen molar-refractivity contribution in [1.29, 1.82) is 0 Å². The van der Waals surface area contributed by atoms with Gasteiger partial charge in [0.2, 0.25) is 0 Å². The van der Waals surface area contributed by atoms with Crippen molar-refractivity contribution in [1.82, 2.24) is 4.98 Å². The quantitative estimate of drug-likeness (QED) is 0.609. The number of benzene rings is 1. The molecule has 2 rings (SSSR count). The zero-order valence-electron chi connectivity index (χ0n) is 9.01. The van der Waals surface area contributed by atoms with E-state index < -0.39 is 0 Å². The molecule has 0 aliphatic carbocycles. The highest BCUT2D eigenvalue weighted by molar-refractivity contribution is 6.30. The van der Waals surface area contributed by atoms with Crippen LogP contribution in [0.5, 0.6) is 0 Å². The van der Waals surface area contributed by atoms with Crippen molar-refractivity contribution in [2.24, 2.45) is 0 Å². The van der Waals surface area contributed by atoms with Gasteiger partial charge in [0.25, 0.3) is 0 Å². The maximum Gasteiger partial charge on any atom is 0.185 e. The van der Waals surface area contributed by atoms with E-state index in [4.69, 9.17) is 11.6 Å². The van der Waals surface area contributed by atoms with Crippen LogP contribution in [0.25, 0.3) is 6.08 Å². The largest absolute Gasteiger partial charge is 0.289 e. The lowest BCUT2D eigenvalue weighted by Crippen LogP contribution is -1.93. The topological polar surface area (TPSA) is 30.0 Å². The molecule has 0 radical (unpaired) electrons. The van der Waals surface area contributed by atoms with Gasteiger partial charge < -0.3 is 0 Å². The van der Waals surface area contributed by atoms with E-state index in [9.17, 15) is 4.79 Å². The molecule has 1 aromatic carbocycles. The summed E-state index contributed by atoms with van der Waals surface area (Å²) in [6, 6.07) is 10.5. The molecular formula is C14H10ClNO. The monoisotopic (exact) mass is 243 g/mol. The Balaban J connectivity index is 2.12. The summed E-state index contributed by atoms with van der Waals surface area (Å²) in [5, 5.41) is 0.623. The van der Waals surface area contributed by atoms with Crippen molar-refractivity contribution in [2.45, 2.75) is 0 Å². The summed E-state index contributed by atoms with van der Waals surface area (Å²) in [5.41, 5.74) is 1.52. The van der Waals surface area contributed by atoms with Gasteiger partial charge >= 0.3 is 0 Å². The number of hydrogen-bond acceptors (Lipinski definition) is 2. The van der Waals surface area contributed by atoms with Crippen molar-refractivity contribution in [3.05, 3.63) is 71.0 Å². The van der Waals surface area contributed by atoms with Crippen molar-refractivity contribution in [3.8, 4) is 0 Å². The fraction of sp³-hybridized carbons (Fsp3) is 0. The summed E-state index contributed by atoms with van der Waals surface area (Å²) < 4.78 is 0. The van der Waals surface area contributed by atoms with Gasteiger partial charge in [0.15, 0.2) is 5.78 Å². The van der Waals surface area contributed by atoms with Crippen molar-refractivity contribution >= 4 is 23.5 Å². The van der Waals surface area contributed by atoms with Crippen LogP contribution in [0.4, 0.5) is 0 Å². The molecule has 0 fully saturated rings. The number of halogens is 1. The molecule has 17 heavy (non-hydrogen) atoms. The van der Waals surface area contributed by atoms with E-state index in [1.807, 2.05) is 12.1 Å². The van der Waals surface area contributed by atoms with Crippen LogP contribution in [0.1, 0.15) is 15.9 Å².